The molecule has 0 amide bonds. The first kappa shape index (κ1) is 17.7. The maximum atomic E-state index is 13.0. The molecule has 0 radical (unpaired) electrons. The number of carbonyl (C=O) groups is 1. The van der Waals surface area contributed by atoms with Gasteiger partial charge in [0.25, 0.3) is 0 Å². The molecular formula is C19H22O5. The fourth-order valence-corrected chi connectivity index (χ4v) is 2.92. The first-order chi connectivity index (χ1) is 11.4. The van der Waals surface area contributed by atoms with Gasteiger partial charge in [-0.3, -0.25) is 4.79 Å². The number of phenolic OH excluding ortho intramolecular Hbond substituents is 4. The maximum Gasteiger partial charge on any atom is 0.201 e. The van der Waals surface area contributed by atoms with Gasteiger partial charge >= 0.3 is 0 Å². The van der Waals surface area contributed by atoms with Gasteiger partial charge in [-0.25, -0.2) is 0 Å². The van der Waals surface area contributed by atoms with E-state index in [4.69, 9.17) is 0 Å². The van der Waals surface area contributed by atoms with Gasteiger partial charge in [-0.05, 0) is 36.1 Å². The van der Waals surface area contributed by atoms with Gasteiger partial charge in [0.15, 0.2) is 0 Å². The summed E-state index contributed by atoms with van der Waals surface area (Å²) in [6.07, 6.45) is 2.47. The van der Waals surface area contributed by atoms with E-state index in [0.717, 1.165) is 25.0 Å². The molecule has 0 bridgehead atoms. The number of benzene rings is 2. The molecule has 0 unspecified atom stereocenters. The van der Waals surface area contributed by atoms with E-state index in [2.05, 4.69) is 0 Å². The Balaban J connectivity index is 2.65. The van der Waals surface area contributed by atoms with Crippen molar-refractivity contribution in [1.29, 1.82) is 0 Å². The standard InChI is InChI=1S/C19H22O5/c1-3-5-11-7-13(20)9-15(22)17(11)19(24)18-12(6-4-2)8-14(21)10-16(18)23/h7-10,20-23H,3-6H2,1-2H3. The zero-order valence-electron chi connectivity index (χ0n) is 13.8. The molecule has 2 aromatic rings. The molecule has 0 aliphatic rings. The molecule has 5 heteroatoms. The van der Waals surface area contributed by atoms with Crippen molar-refractivity contribution in [2.75, 3.05) is 0 Å². The zero-order valence-corrected chi connectivity index (χ0v) is 13.8. The highest BCUT2D eigenvalue weighted by molar-refractivity contribution is 6.14. The molecule has 5 nitrogen and oxygen atoms in total. The number of carbonyl (C=O) groups excluding carboxylic acids is 1. The Labute approximate surface area is 140 Å². The van der Waals surface area contributed by atoms with E-state index in [-0.39, 0.29) is 34.1 Å². The van der Waals surface area contributed by atoms with Crippen molar-refractivity contribution in [2.45, 2.75) is 39.5 Å². The molecule has 0 atom stereocenters. The second-order valence-corrected chi connectivity index (χ2v) is 5.83. The minimum atomic E-state index is -0.517. The summed E-state index contributed by atoms with van der Waals surface area (Å²) >= 11 is 0. The lowest BCUT2D eigenvalue weighted by Crippen LogP contribution is -2.10. The van der Waals surface area contributed by atoms with Crippen LogP contribution in [0.5, 0.6) is 23.0 Å². The van der Waals surface area contributed by atoms with Crippen LogP contribution in [0.25, 0.3) is 0 Å². The lowest BCUT2D eigenvalue weighted by molar-refractivity contribution is 0.103. The Hall–Kier alpha value is -2.69. The summed E-state index contributed by atoms with van der Waals surface area (Å²) in [6.45, 7) is 3.85. The molecule has 2 aromatic carbocycles. The molecule has 24 heavy (non-hydrogen) atoms. The monoisotopic (exact) mass is 330 g/mol. The third kappa shape index (κ3) is 3.45. The van der Waals surface area contributed by atoms with Crippen LogP contribution >= 0.6 is 0 Å². The highest BCUT2D eigenvalue weighted by atomic mass is 16.3. The fraction of sp³-hybridized carbons (Fsp3) is 0.316. The van der Waals surface area contributed by atoms with Gasteiger partial charge in [0.05, 0.1) is 11.1 Å². The summed E-state index contributed by atoms with van der Waals surface area (Å²) in [6, 6.07) is 5.13. The normalized spacial score (nSPS) is 10.8. The topological polar surface area (TPSA) is 98.0 Å². The van der Waals surface area contributed by atoms with Gasteiger partial charge in [-0.15, -0.1) is 0 Å². The molecule has 0 saturated heterocycles. The number of ketones is 1. The van der Waals surface area contributed by atoms with Crippen molar-refractivity contribution in [3.8, 4) is 23.0 Å². The Morgan fingerprint density at radius 3 is 1.46 bits per heavy atom. The second kappa shape index (κ2) is 7.25. The third-order valence-electron chi connectivity index (χ3n) is 3.86. The van der Waals surface area contributed by atoms with E-state index in [1.807, 2.05) is 13.8 Å². The minimum Gasteiger partial charge on any atom is -0.508 e. The number of phenols is 4. The first-order valence-electron chi connectivity index (χ1n) is 8.03. The fourth-order valence-electron chi connectivity index (χ4n) is 2.92. The molecule has 0 saturated carbocycles. The van der Waals surface area contributed by atoms with Crippen LogP contribution in [0.15, 0.2) is 24.3 Å². The largest absolute Gasteiger partial charge is 0.508 e. The number of hydrogen-bond acceptors (Lipinski definition) is 5. The average molecular weight is 330 g/mol. The summed E-state index contributed by atoms with van der Waals surface area (Å²) in [5, 5.41) is 39.7. The molecule has 0 heterocycles. The summed E-state index contributed by atoms with van der Waals surface area (Å²) in [7, 11) is 0. The Bertz CT molecular complexity index is 701. The van der Waals surface area contributed by atoms with Gasteiger partial charge in [-0.1, -0.05) is 26.7 Å². The Morgan fingerprint density at radius 2 is 1.12 bits per heavy atom. The van der Waals surface area contributed by atoms with E-state index in [0.29, 0.717) is 24.0 Å². The summed E-state index contributed by atoms with van der Waals surface area (Å²) in [4.78, 5) is 13.0. The maximum absolute atomic E-state index is 13.0. The molecule has 4 N–H and O–H groups in total. The summed E-state index contributed by atoms with van der Waals surface area (Å²) in [5.74, 6) is -1.39. The SMILES string of the molecule is CCCc1cc(O)cc(O)c1C(=O)c1c(O)cc(O)cc1CCC. The molecule has 0 spiro atoms. The van der Waals surface area contributed by atoms with Crippen LogP contribution < -0.4 is 0 Å². The highest BCUT2D eigenvalue weighted by Crippen LogP contribution is 2.35. The van der Waals surface area contributed by atoms with Crippen molar-refractivity contribution in [2.24, 2.45) is 0 Å². The van der Waals surface area contributed by atoms with Gasteiger partial charge < -0.3 is 20.4 Å². The van der Waals surface area contributed by atoms with Crippen molar-refractivity contribution in [3.05, 3.63) is 46.5 Å². The lowest BCUT2D eigenvalue weighted by Gasteiger charge is -2.15. The Kier molecular flexibility index (Phi) is 5.34. The number of hydrogen-bond donors (Lipinski definition) is 4. The van der Waals surface area contributed by atoms with Crippen LogP contribution in [-0.4, -0.2) is 26.2 Å². The summed E-state index contributed by atoms with van der Waals surface area (Å²) < 4.78 is 0. The predicted molar refractivity (Wildman–Crippen MR) is 91.0 cm³/mol. The van der Waals surface area contributed by atoms with E-state index in [9.17, 15) is 25.2 Å². The molecule has 0 aliphatic carbocycles. The van der Waals surface area contributed by atoms with Crippen molar-refractivity contribution >= 4 is 5.78 Å². The zero-order chi connectivity index (χ0) is 17.9. The van der Waals surface area contributed by atoms with Crippen LogP contribution in [0.3, 0.4) is 0 Å². The minimum absolute atomic E-state index is 0.0768. The molecule has 0 aromatic heterocycles. The highest BCUT2D eigenvalue weighted by Gasteiger charge is 2.24. The van der Waals surface area contributed by atoms with Crippen LogP contribution in [0.1, 0.15) is 53.7 Å². The van der Waals surface area contributed by atoms with Gasteiger partial charge in [-0.2, -0.15) is 0 Å². The van der Waals surface area contributed by atoms with E-state index < -0.39 is 5.78 Å². The van der Waals surface area contributed by atoms with E-state index >= 15 is 0 Å². The smallest absolute Gasteiger partial charge is 0.201 e. The Morgan fingerprint density at radius 1 is 0.750 bits per heavy atom. The van der Waals surface area contributed by atoms with Crippen LogP contribution in [0.2, 0.25) is 0 Å². The van der Waals surface area contributed by atoms with Gasteiger partial charge in [0.2, 0.25) is 5.78 Å². The lowest BCUT2D eigenvalue weighted by atomic mass is 9.90. The molecule has 128 valence electrons. The van der Waals surface area contributed by atoms with Gasteiger partial charge in [0, 0.05) is 12.1 Å². The van der Waals surface area contributed by atoms with Crippen LogP contribution in [0, 0.1) is 0 Å². The first-order valence-corrected chi connectivity index (χ1v) is 8.03. The van der Waals surface area contributed by atoms with Gasteiger partial charge in [0.1, 0.15) is 23.0 Å². The van der Waals surface area contributed by atoms with E-state index in [1.165, 1.54) is 12.1 Å². The summed E-state index contributed by atoms with van der Waals surface area (Å²) in [5.41, 5.74) is 1.20. The molecule has 2 rings (SSSR count). The molecule has 0 fully saturated rings. The predicted octanol–water partition coefficient (Wildman–Crippen LogP) is 3.65. The number of aryl methyl sites for hydroxylation is 2. The molecular weight excluding hydrogens is 308 g/mol. The van der Waals surface area contributed by atoms with Crippen molar-refractivity contribution in [1.82, 2.24) is 0 Å². The quantitative estimate of drug-likeness (QED) is 0.606. The van der Waals surface area contributed by atoms with Crippen molar-refractivity contribution in [3.63, 3.8) is 0 Å². The second-order valence-electron chi connectivity index (χ2n) is 5.83. The van der Waals surface area contributed by atoms with Crippen LogP contribution in [0.4, 0.5) is 0 Å². The number of aromatic hydroxyl groups is 4. The van der Waals surface area contributed by atoms with E-state index in [1.54, 1.807) is 0 Å². The number of rotatable bonds is 6. The third-order valence-corrected chi connectivity index (χ3v) is 3.86. The average Bonchev–Trinajstić information content (AvgIpc) is 2.46. The van der Waals surface area contributed by atoms with Crippen LogP contribution in [-0.2, 0) is 12.8 Å². The molecule has 0 aliphatic heterocycles. The van der Waals surface area contributed by atoms with Crippen molar-refractivity contribution < 1.29 is 25.2 Å².